The Morgan fingerprint density at radius 1 is 1.12 bits per heavy atom. The van der Waals surface area contributed by atoms with E-state index >= 15 is 0 Å². The quantitative estimate of drug-likeness (QED) is 0.591. The van der Waals surface area contributed by atoms with E-state index in [0.29, 0.717) is 6.04 Å². The molecule has 3 heteroatoms. The summed E-state index contributed by atoms with van der Waals surface area (Å²) in [6.45, 7) is 0. The number of benzene rings is 1. The van der Waals surface area contributed by atoms with Crippen molar-refractivity contribution in [2.45, 2.75) is 38.1 Å². The lowest BCUT2D eigenvalue weighted by atomic mass is 10.1. The molecule has 1 aliphatic carbocycles. The number of anilines is 1. The third kappa shape index (κ3) is 3.35. The van der Waals surface area contributed by atoms with Gasteiger partial charge in [-0.3, -0.25) is 5.43 Å². The Hall–Kier alpha value is -1.35. The zero-order chi connectivity index (χ0) is 11.2. The molecule has 0 aromatic heterocycles. The van der Waals surface area contributed by atoms with Crippen molar-refractivity contribution in [3.8, 4) is 0 Å². The van der Waals surface area contributed by atoms with Gasteiger partial charge in [0.15, 0.2) is 0 Å². The highest BCUT2D eigenvalue weighted by Crippen LogP contribution is 2.15. The summed E-state index contributed by atoms with van der Waals surface area (Å²) in [6.07, 6.45) is 5.46. The lowest BCUT2D eigenvalue weighted by Gasteiger charge is -2.05. The predicted octanol–water partition coefficient (Wildman–Crippen LogP) is 2.75. The molecule has 1 aromatic carbocycles. The van der Waals surface area contributed by atoms with Crippen LogP contribution in [0.15, 0.2) is 35.4 Å². The lowest BCUT2D eigenvalue weighted by molar-refractivity contribution is 0.586. The van der Waals surface area contributed by atoms with Crippen molar-refractivity contribution in [1.82, 2.24) is 0 Å². The van der Waals surface area contributed by atoms with E-state index < -0.39 is 0 Å². The summed E-state index contributed by atoms with van der Waals surface area (Å²) in [7, 11) is 0. The van der Waals surface area contributed by atoms with Crippen LogP contribution in [0.4, 0.5) is 5.69 Å². The van der Waals surface area contributed by atoms with Crippen molar-refractivity contribution in [3.05, 3.63) is 30.3 Å². The lowest BCUT2D eigenvalue weighted by Crippen LogP contribution is -2.18. The number of nitrogens with two attached hydrogens (primary N) is 1. The maximum absolute atomic E-state index is 5.93. The molecule has 16 heavy (non-hydrogen) atoms. The molecule has 3 nitrogen and oxygen atoms in total. The van der Waals surface area contributed by atoms with Crippen LogP contribution in [0.3, 0.4) is 0 Å². The molecule has 0 saturated heterocycles. The van der Waals surface area contributed by atoms with E-state index in [1.807, 2.05) is 30.3 Å². The molecule has 0 bridgehead atoms. The van der Waals surface area contributed by atoms with Crippen molar-refractivity contribution in [2.75, 3.05) is 5.43 Å². The Labute approximate surface area is 96.7 Å². The van der Waals surface area contributed by atoms with E-state index in [0.717, 1.165) is 37.8 Å². The highest BCUT2D eigenvalue weighted by molar-refractivity contribution is 5.85. The minimum Gasteiger partial charge on any atom is -0.328 e. The third-order valence-electron chi connectivity index (χ3n) is 2.96. The maximum Gasteiger partial charge on any atom is 0.0561 e. The van der Waals surface area contributed by atoms with Gasteiger partial charge in [0.05, 0.1) is 5.69 Å². The van der Waals surface area contributed by atoms with Crippen molar-refractivity contribution in [2.24, 2.45) is 10.8 Å². The van der Waals surface area contributed by atoms with Crippen LogP contribution in [-0.4, -0.2) is 11.8 Å². The fourth-order valence-electron chi connectivity index (χ4n) is 1.96. The molecule has 1 atom stereocenters. The number of hydrazone groups is 1. The van der Waals surface area contributed by atoms with Gasteiger partial charge in [0.25, 0.3) is 0 Å². The van der Waals surface area contributed by atoms with Crippen LogP contribution in [-0.2, 0) is 0 Å². The molecule has 0 radical (unpaired) electrons. The van der Waals surface area contributed by atoms with Crippen molar-refractivity contribution < 1.29 is 0 Å². The monoisotopic (exact) mass is 217 g/mol. The van der Waals surface area contributed by atoms with Crippen LogP contribution < -0.4 is 11.2 Å². The highest BCUT2D eigenvalue weighted by atomic mass is 15.3. The van der Waals surface area contributed by atoms with Crippen LogP contribution in [0.1, 0.15) is 32.1 Å². The summed E-state index contributed by atoms with van der Waals surface area (Å²) in [4.78, 5) is 0. The molecule has 1 unspecified atom stereocenters. The topological polar surface area (TPSA) is 50.4 Å². The van der Waals surface area contributed by atoms with Crippen LogP contribution in [0.25, 0.3) is 0 Å². The van der Waals surface area contributed by atoms with E-state index in [1.165, 1.54) is 5.71 Å². The van der Waals surface area contributed by atoms with Gasteiger partial charge in [-0.1, -0.05) is 18.2 Å². The third-order valence-corrected chi connectivity index (χ3v) is 2.96. The number of para-hydroxylation sites is 1. The molecule has 86 valence electrons. The van der Waals surface area contributed by atoms with Gasteiger partial charge in [-0.25, -0.2) is 0 Å². The molecule has 2 rings (SSSR count). The zero-order valence-electron chi connectivity index (χ0n) is 9.52. The summed E-state index contributed by atoms with van der Waals surface area (Å²) < 4.78 is 0. The first kappa shape index (κ1) is 11.1. The van der Waals surface area contributed by atoms with Crippen molar-refractivity contribution in [1.29, 1.82) is 0 Å². The average molecular weight is 217 g/mol. The van der Waals surface area contributed by atoms with Crippen LogP contribution in [0, 0.1) is 0 Å². The fraction of sp³-hybridized carbons (Fsp3) is 0.462. The number of hydrogen-bond donors (Lipinski definition) is 2. The molecule has 1 fully saturated rings. The Morgan fingerprint density at radius 2 is 1.94 bits per heavy atom. The molecule has 0 amide bonds. The van der Waals surface area contributed by atoms with Crippen molar-refractivity contribution in [3.63, 3.8) is 0 Å². The minimum atomic E-state index is 0.365. The van der Waals surface area contributed by atoms with Gasteiger partial charge in [0.1, 0.15) is 0 Å². The smallest absolute Gasteiger partial charge is 0.0561 e. The van der Waals surface area contributed by atoms with Crippen molar-refractivity contribution >= 4 is 11.4 Å². The molecule has 1 saturated carbocycles. The summed E-state index contributed by atoms with van der Waals surface area (Å²) in [5.74, 6) is 0. The standard InChI is InChI=1S/C13H19N3/c14-11-5-4-8-13(10-9-11)16-15-12-6-2-1-3-7-12/h1-3,6-7,11,15H,4-5,8-10,14H2/b16-13-. The SMILES string of the molecule is NC1CCC/C(=N/Nc2ccccc2)CC1. The Morgan fingerprint density at radius 3 is 2.75 bits per heavy atom. The van der Waals surface area contributed by atoms with Gasteiger partial charge in [-0.05, 0) is 44.2 Å². The Balaban J connectivity index is 1.92. The molecular formula is C13H19N3. The van der Waals surface area contributed by atoms with Gasteiger partial charge in [0.2, 0.25) is 0 Å². The summed E-state index contributed by atoms with van der Waals surface area (Å²) >= 11 is 0. The second-order valence-corrected chi connectivity index (χ2v) is 4.35. The van der Waals surface area contributed by atoms with E-state index in [-0.39, 0.29) is 0 Å². The number of nitrogens with one attached hydrogen (secondary N) is 1. The van der Waals surface area contributed by atoms with Gasteiger partial charge in [0, 0.05) is 11.8 Å². The molecular weight excluding hydrogens is 198 g/mol. The average Bonchev–Trinajstić information content (AvgIpc) is 2.53. The zero-order valence-corrected chi connectivity index (χ0v) is 9.52. The molecule has 3 N–H and O–H groups in total. The number of hydrogen-bond acceptors (Lipinski definition) is 3. The van der Waals surface area contributed by atoms with E-state index in [2.05, 4.69) is 10.5 Å². The summed E-state index contributed by atoms with van der Waals surface area (Å²) in [6, 6.07) is 10.4. The van der Waals surface area contributed by atoms with E-state index in [1.54, 1.807) is 0 Å². The summed E-state index contributed by atoms with van der Waals surface area (Å²) in [5.41, 5.74) is 11.3. The second-order valence-electron chi connectivity index (χ2n) is 4.35. The van der Waals surface area contributed by atoms with Gasteiger partial charge < -0.3 is 5.73 Å². The normalized spacial score (nSPS) is 24.1. The van der Waals surface area contributed by atoms with E-state index in [9.17, 15) is 0 Å². The second kappa shape index (κ2) is 5.66. The first-order valence-electron chi connectivity index (χ1n) is 5.96. The number of rotatable bonds is 2. The number of nitrogens with zero attached hydrogens (tertiary/aromatic N) is 1. The van der Waals surface area contributed by atoms with Crippen LogP contribution in [0.2, 0.25) is 0 Å². The Bertz CT molecular complexity index is 345. The predicted molar refractivity (Wildman–Crippen MR) is 68.6 cm³/mol. The first-order valence-corrected chi connectivity index (χ1v) is 5.96. The van der Waals surface area contributed by atoms with Crippen LogP contribution in [0.5, 0.6) is 0 Å². The summed E-state index contributed by atoms with van der Waals surface area (Å²) in [5, 5.41) is 4.46. The molecule has 0 aliphatic heterocycles. The largest absolute Gasteiger partial charge is 0.328 e. The van der Waals surface area contributed by atoms with E-state index in [4.69, 9.17) is 5.73 Å². The molecule has 0 spiro atoms. The maximum atomic E-state index is 5.93. The van der Waals surface area contributed by atoms with Gasteiger partial charge in [-0.2, -0.15) is 5.10 Å². The van der Waals surface area contributed by atoms with Gasteiger partial charge in [-0.15, -0.1) is 0 Å². The molecule has 1 aliphatic rings. The fourth-order valence-corrected chi connectivity index (χ4v) is 1.96. The Kier molecular flexibility index (Phi) is 3.94. The van der Waals surface area contributed by atoms with Gasteiger partial charge >= 0.3 is 0 Å². The first-order chi connectivity index (χ1) is 7.84. The molecule has 0 heterocycles. The highest BCUT2D eigenvalue weighted by Gasteiger charge is 2.11. The van der Waals surface area contributed by atoms with Crippen LogP contribution >= 0.6 is 0 Å². The molecule has 1 aromatic rings. The minimum absolute atomic E-state index is 0.365.